The summed E-state index contributed by atoms with van der Waals surface area (Å²) in [6.45, 7) is 0. The molecule has 0 saturated heterocycles. The number of benzene rings is 2. The average Bonchev–Trinajstić information content (AvgIpc) is 3.53. The van der Waals surface area contributed by atoms with Crippen LogP contribution in [-0.4, -0.2) is 19.9 Å². The molecular formula is C27H20FN3OS. The molecule has 1 aliphatic rings. The van der Waals surface area contributed by atoms with Crippen molar-refractivity contribution in [2.45, 2.75) is 11.1 Å². The third-order valence-corrected chi connectivity index (χ3v) is 7.54. The van der Waals surface area contributed by atoms with Crippen LogP contribution >= 0.6 is 11.8 Å². The number of carbonyl (C=O) groups is 1. The van der Waals surface area contributed by atoms with E-state index in [4.69, 9.17) is 0 Å². The van der Waals surface area contributed by atoms with Gasteiger partial charge in [-0.2, -0.15) is 0 Å². The van der Waals surface area contributed by atoms with Crippen LogP contribution in [0.25, 0.3) is 22.0 Å². The second-order valence-electron chi connectivity index (χ2n) is 8.25. The fourth-order valence-corrected chi connectivity index (χ4v) is 5.92. The molecule has 2 aromatic carbocycles. The third kappa shape index (κ3) is 3.29. The summed E-state index contributed by atoms with van der Waals surface area (Å²) in [5, 5.41) is 1.06. The predicted octanol–water partition coefficient (Wildman–Crippen LogP) is 6.21. The van der Waals surface area contributed by atoms with Gasteiger partial charge in [0.15, 0.2) is 5.78 Å². The number of fused-ring (bicyclic) bond motifs is 2. The van der Waals surface area contributed by atoms with E-state index >= 15 is 0 Å². The molecule has 6 rings (SSSR count). The zero-order chi connectivity index (χ0) is 22.5. The van der Waals surface area contributed by atoms with Crippen LogP contribution in [0.15, 0.2) is 85.5 Å². The van der Waals surface area contributed by atoms with Crippen LogP contribution in [0.3, 0.4) is 0 Å². The van der Waals surface area contributed by atoms with E-state index in [9.17, 15) is 9.18 Å². The number of halogens is 1. The van der Waals surface area contributed by atoms with E-state index in [0.29, 0.717) is 5.56 Å². The van der Waals surface area contributed by atoms with Crippen LogP contribution in [0.5, 0.6) is 0 Å². The van der Waals surface area contributed by atoms with Crippen molar-refractivity contribution < 1.29 is 9.18 Å². The summed E-state index contributed by atoms with van der Waals surface area (Å²) >= 11 is 1.81. The van der Waals surface area contributed by atoms with Crippen molar-refractivity contribution in [3.05, 3.63) is 114 Å². The highest BCUT2D eigenvalue weighted by Gasteiger charge is 2.29. The van der Waals surface area contributed by atoms with E-state index in [1.807, 2.05) is 54.5 Å². The molecule has 3 aromatic heterocycles. The minimum atomic E-state index is -0.254. The van der Waals surface area contributed by atoms with Gasteiger partial charge in [0.25, 0.3) is 0 Å². The quantitative estimate of drug-likeness (QED) is 0.304. The molecule has 0 fully saturated rings. The number of aryl methyl sites for hydroxylation is 1. The Balaban J connectivity index is 1.38. The number of rotatable bonds is 4. The van der Waals surface area contributed by atoms with Gasteiger partial charge in [-0.3, -0.25) is 9.78 Å². The Hall–Kier alpha value is -3.64. The van der Waals surface area contributed by atoms with E-state index < -0.39 is 0 Å². The fourth-order valence-electron chi connectivity index (χ4n) is 4.61. The lowest BCUT2D eigenvalue weighted by atomic mass is 10.00. The molecule has 0 aliphatic carbocycles. The van der Waals surface area contributed by atoms with E-state index in [2.05, 4.69) is 21.7 Å². The minimum absolute atomic E-state index is 0.0383. The van der Waals surface area contributed by atoms with Crippen molar-refractivity contribution in [3.8, 4) is 11.1 Å². The summed E-state index contributed by atoms with van der Waals surface area (Å²) in [6, 6.07) is 18.5. The predicted molar refractivity (Wildman–Crippen MR) is 130 cm³/mol. The first-order chi connectivity index (χ1) is 16.1. The number of pyridine rings is 1. The average molecular weight is 454 g/mol. The van der Waals surface area contributed by atoms with E-state index in [1.165, 1.54) is 12.1 Å². The Bertz CT molecular complexity index is 1500. The summed E-state index contributed by atoms with van der Waals surface area (Å²) < 4.78 is 17.5. The maximum atomic E-state index is 13.6. The molecule has 1 unspecified atom stereocenters. The van der Waals surface area contributed by atoms with Crippen molar-refractivity contribution in [1.29, 1.82) is 0 Å². The number of hydrogen-bond donors (Lipinski definition) is 0. The smallest absolute Gasteiger partial charge is 0.197 e. The molecule has 0 spiro atoms. The summed E-state index contributed by atoms with van der Waals surface area (Å²) in [6.07, 6.45) is 7.58. The van der Waals surface area contributed by atoms with Gasteiger partial charge in [-0.1, -0.05) is 30.3 Å². The molecule has 1 aliphatic heterocycles. The number of aromatic nitrogens is 3. The van der Waals surface area contributed by atoms with Gasteiger partial charge in [0.05, 0.1) is 0 Å². The van der Waals surface area contributed by atoms with Gasteiger partial charge < -0.3 is 9.13 Å². The van der Waals surface area contributed by atoms with Gasteiger partial charge in [-0.25, -0.2) is 4.39 Å². The van der Waals surface area contributed by atoms with E-state index in [1.54, 1.807) is 30.1 Å². The Morgan fingerprint density at radius 2 is 1.88 bits per heavy atom. The Morgan fingerprint density at radius 1 is 1.06 bits per heavy atom. The lowest BCUT2D eigenvalue weighted by Crippen LogP contribution is -2.05. The lowest BCUT2D eigenvalue weighted by Gasteiger charge is -2.11. The molecule has 6 heteroatoms. The molecule has 0 radical (unpaired) electrons. The van der Waals surface area contributed by atoms with Gasteiger partial charge in [0, 0.05) is 70.9 Å². The Morgan fingerprint density at radius 3 is 2.67 bits per heavy atom. The van der Waals surface area contributed by atoms with Crippen LogP contribution in [0.2, 0.25) is 0 Å². The normalized spacial score (nSPS) is 15.2. The Labute approximate surface area is 194 Å². The van der Waals surface area contributed by atoms with Gasteiger partial charge in [-0.15, -0.1) is 11.8 Å². The molecular weight excluding hydrogens is 433 g/mol. The van der Waals surface area contributed by atoms with Crippen molar-refractivity contribution in [2.75, 3.05) is 0 Å². The highest BCUT2D eigenvalue weighted by atomic mass is 32.2. The molecule has 0 amide bonds. The summed E-state index contributed by atoms with van der Waals surface area (Å²) in [7, 11) is 1.95. The molecule has 33 heavy (non-hydrogen) atoms. The van der Waals surface area contributed by atoms with Crippen molar-refractivity contribution in [1.82, 2.24) is 14.1 Å². The first-order valence-corrected chi connectivity index (χ1v) is 11.8. The molecule has 0 N–H and O–H groups in total. The molecule has 1 atom stereocenters. The van der Waals surface area contributed by atoms with Crippen LogP contribution in [0.1, 0.15) is 32.6 Å². The molecule has 4 nitrogen and oxygen atoms in total. The van der Waals surface area contributed by atoms with Crippen LogP contribution in [0.4, 0.5) is 4.39 Å². The number of ketones is 1. The Kier molecular flexibility index (Phi) is 4.69. The zero-order valence-electron chi connectivity index (χ0n) is 17.9. The van der Waals surface area contributed by atoms with Crippen LogP contribution < -0.4 is 0 Å². The van der Waals surface area contributed by atoms with Crippen LogP contribution in [-0.2, 0) is 12.8 Å². The number of carbonyl (C=O) groups excluding carboxylic acids is 1. The fraction of sp³-hybridized carbons (Fsp3) is 0.111. The van der Waals surface area contributed by atoms with Gasteiger partial charge in [-0.05, 0) is 41.5 Å². The zero-order valence-corrected chi connectivity index (χ0v) is 18.7. The van der Waals surface area contributed by atoms with Gasteiger partial charge in [0.2, 0.25) is 0 Å². The maximum absolute atomic E-state index is 13.6. The topological polar surface area (TPSA) is 39.8 Å². The van der Waals surface area contributed by atoms with E-state index in [0.717, 1.165) is 44.6 Å². The largest absolute Gasteiger partial charge is 0.350 e. The maximum Gasteiger partial charge on any atom is 0.197 e. The van der Waals surface area contributed by atoms with Crippen LogP contribution in [0, 0.1) is 5.82 Å². The molecule has 0 saturated carbocycles. The third-order valence-electron chi connectivity index (χ3n) is 6.28. The lowest BCUT2D eigenvalue weighted by molar-refractivity contribution is 0.103. The van der Waals surface area contributed by atoms with Crippen molar-refractivity contribution >= 4 is 28.4 Å². The number of nitrogens with zero attached hydrogens (tertiary/aromatic N) is 3. The summed E-state index contributed by atoms with van der Waals surface area (Å²) in [5.74, 6) is 0.569. The SMILES string of the molecule is Cn1cc(C(=O)c2ccn3c2CSC3c2cccnc2)c2ccc(-c3ccc(F)cc3)cc21. The number of hydrogen-bond acceptors (Lipinski definition) is 3. The highest BCUT2D eigenvalue weighted by molar-refractivity contribution is 7.99. The molecule has 5 aromatic rings. The summed E-state index contributed by atoms with van der Waals surface area (Å²) in [4.78, 5) is 17.9. The number of thioether (sulfide) groups is 1. The first-order valence-electron chi connectivity index (χ1n) is 10.7. The van der Waals surface area contributed by atoms with Crippen molar-refractivity contribution in [3.63, 3.8) is 0 Å². The van der Waals surface area contributed by atoms with Gasteiger partial charge in [0.1, 0.15) is 11.2 Å². The second-order valence-corrected chi connectivity index (χ2v) is 9.32. The molecule has 0 bridgehead atoms. The van der Waals surface area contributed by atoms with Crippen molar-refractivity contribution in [2.24, 2.45) is 7.05 Å². The minimum Gasteiger partial charge on any atom is -0.350 e. The monoisotopic (exact) mass is 453 g/mol. The molecule has 4 heterocycles. The summed E-state index contributed by atoms with van der Waals surface area (Å²) in [5.41, 5.74) is 6.54. The second kappa shape index (κ2) is 7.74. The van der Waals surface area contributed by atoms with E-state index in [-0.39, 0.29) is 17.0 Å². The standard InChI is InChI=1S/C27H20FN3OS/c1-30-15-23(21-9-6-18(13-24(21)30)17-4-7-20(28)8-5-17)26(32)22-10-12-31-25(22)16-33-27(31)19-3-2-11-29-14-19/h2-15,27H,16H2,1H3. The van der Waals surface area contributed by atoms with Gasteiger partial charge >= 0.3 is 0 Å². The molecule has 162 valence electrons. The highest BCUT2D eigenvalue weighted by Crippen LogP contribution is 2.42. The first kappa shape index (κ1) is 20.0.